The number of nitrogens with two attached hydrogens (primary N) is 1. The Hall–Kier alpha value is -0.780. The highest BCUT2D eigenvalue weighted by molar-refractivity contribution is 14.0. The highest BCUT2D eigenvalue weighted by Gasteiger charge is 2.27. The maximum atomic E-state index is 5.98. The number of hydrogen-bond acceptors (Lipinski definition) is 1. The summed E-state index contributed by atoms with van der Waals surface area (Å²) in [4.78, 5) is 6.52. The molecule has 1 aliphatic heterocycles. The molecule has 0 spiro atoms. The van der Waals surface area contributed by atoms with E-state index in [0.29, 0.717) is 17.8 Å². The van der Waals surface area contributed by atoms with Gasteiger partial charge in [-0.25, -0.2) is 0 Å². The SMILES string of the molecule is CCN=C(N)N1CCC(c2ccccc2)C(C)C1.I. The molecule has 1 aromatic rings. The van der Waals surface area contributed by atoms with E-state index >= 15 is 0 Å². The fourth-order valence-corrected chi connectivity index (χ4v) is 2.81. The van der Waals surface area contributed by atoms with E-state index in [2.05, 4.69) is 47.1 Å². The van der Waals surface area contributed by atoms with E-state index in [4.69, 9.17) is 5.73 Å². The van der Waals surface area contributed by atoms with Gasteiger partial charge in [-0.3, -0.25) is 4.99 Å². The largest absolute Gasteiger partial charge is 0.370 e. The summed E-state index contributed by atoms with van der Waals surface area (Å²) < 4.78 is 0. The summed E-state index contributed by atoms with van der Waals surface area (Å²) in [5.74, 6) is 1.97. The maximum absolute atomic E-state index is 5.98. The summed E-state index contributed by atoms with van der Waals surface area (Å²) >= 11 is 0. The second-order valence-corrected chi connectivity index (χ2v) is 5.06. The van der Waals surface area contributed by atoms with Crippen LogP contribution in [0.1, 0.15) is 31.7 Å². The Bertz CT molecular complexity index is 405. The Morgan fingerprint density at radius 1 is 1.37 bits per heavy atom. The molecule has 0 amide bonds. The van der Waals surface area contributed by atoms with Crippen molar-refractivity contribution < 1.29 is 0 Å². The van der Waals surface area contributed by atoms with Gasteiger partial charge in [0.15, 0.2) is 5.96 Å². The third kappa shape index (κ3) is 4.09. The zero-order valence-electron chi connectivity index (χ0n) is 11.7. The first-order valence-corrected chi connectivity index (χ1v) is 6.82. The van der Waals surface area contributed by atoms with Crippen molar-refractivity contribution in [2.45, 2.75) is 26.2 Å². The molecule has 2 atom stereocenters. The Morgan fingerprint density at radius 2 is 2.05 bits per heavy atom. The summed E-state index contributed by atoms with van der Waals surface area (Å²) in [6.45, 7) is 7.11. The first-order chi connectivity index (χ1) is 8.72. The van der Waals surface area contributed by atoms with Gasteiger partial charge in [-0.05, 0) is 30.7 Å². The number of benzene rings is 1. The minimum atomic E-state index is 0. The molecule has 2 rings (SSSR count). The molecule has 1 aliphatic rings. The highest BCUT2D eigenvalue weighted by atomic mass is 127. The number of rotatable bonds is 2. The monoisotopic (exact) mass is 373 g/mol. The van der Waals surface area contributed by atoms with Gasteiger partial charge < -0.3 is 10.6 Å². The molecule has 3 nitrogen and oxygen atoms in total. The molecule has 0 aromatic heterocycles. The van der Waals surface area contributed by atoms with Crippen molar-refractivity contribution in [1.29, 1.82) is 0 Å². The number of hydrogen-bond donors (Lipinski definition) is 1. The Morgan fingerprint density at radius 3 is 2.63 bits per heavy atom. The molecule has 4 heteroatoms. The molecule has 1 heterocycles. The van der Waals surface area contributed by atoms with Gasteiger partial charge in [-0.15, -0.1) is 24.0 Å². The van der Waals surface area contributed by atoms with E-state index < -0.39 is 0 Å². The highest BCUT2D eigenvalue weighted by Crippen LogP contribution is 2.32. The predicted octanol–water partition coefficient (Wildman–Crippen LogP) is 3.06. The fourth-order valence-electron chi connectivity index (χ4n) is 2.81. The smallest absolute Gasteiger partial charge is 0.191 e. The molecule has 1 aromatic carbocycles. The van der Waals surface area contributed by atoms with Crippen LogP contribution in [0.5, 0.6) is 0 Å². The van der Waals surface area contributed by atoms with Gasteiger partial charge in [0.1, 0.15) is 0 Å². The van der Waals surface area contributed by atoms with Crippen LogP contribution in [0.3, 0.4) is 0 Å². The third-order valence-corrected chi connectivity index (χ3v) is 3.78. The molecule has 2 N–H and O–H groups in total. The lowest BCUT2D eigenvalue weighted by Gasteiger charge is -2.37. The van der Waals surface area contributed by atoms with E-state index in [0.717, 1.165) is 26.1 Å². The molecule has 19 heavy (non-hydrogen) atoms. The summed E-state index contributed by atoms with van der Waals surface area (Å²) in [5.41, 5.74) is 7.44. The Labute approximate surface area is 133 Å². The molecular formula is C15H24IN3. The first-order valence-electron chi connectivity index (χ1n) is 6.82. The van der Waals surface area contributed by atoms with Crippen molar-refractivity contribution >= 4 is 29.9 Å². The normalized spacial score (nSPS) is 23.9. The summed E-state index contributed by atoms with van der Waals surface area (Å²) in [7, 11) is 0. The van der Waals surface area contributed by atoms with Crippen molar-refractivity contribution in [3.63, 3.8) is 0 Å². The molecule has 2 unspecified atom stereocenters. The van der Waals surface area contributed by atoms with Crippen LogP contribution in [0.4, 0.5) is 0 Å². The number of halogens is 1. The average molecular weight is 373 g/mol. The molecule has 1 saturated heterocycles. The molecule has 1 fully saturated rings. The van der Waals surface area contributed by atoms with Gasteiger partial charge in [0.05, 0.1) is 0 Å². The lowest BCUT2D eigenvalue weighted by Crippen LogP contribution is -2.45. The average Bonchev–Trinajstić information content (AvgIpc) is 2.40. The fraction of sp³-hybridized carbons (Fsp3) is 0.533. The van der Waals surface area contributed by atoms with Crippen LogP contribution in [0.25, 0.3) is 0 Å². The predicted molar refractivity (Wildman–Crippen MR) is 92.1 cm³/mol. The van der Waals surface area contributed by atoms with E-state index in [1.807, 2.05) is 6.92 Å². The standard InChI is InChI=1S/C15H23N3.HI/c1-3-17-15(16)18-10-9-14(12(2)11-18)13-7-5-4-6-8-13;/h4-8,12,14H,3,9-11H2,1-2H3,(H2,16,17);1H. The zero-order chi connectivity index (χ0) is 13.0. The Kier molecular flexibility index (Phi) is 6.62. The van der Waals surface area contributed by atoms with Crippen LogP contribution in [0.15, 0.2) is 35.3 Å². The maximum Gasteiger partial charge on any atom is 0.191 e. The second kappa shape index (κ2) is 7.72. The van der Waals surface area contributed by atoms with Crippen LogP contribution in [0, 0.1) is 5.92 Å². The molecular weight excluding hydrogens is 349 g/mol. The number of likely N-dealkylation sites (tertiary alicyclic amines) is 1. The van der Waals surface area contributed by atoms with Crippen molar-refractivity contribution in [1.82, 2.24) is 4.90 Å². The van der Waals surface area contributed by atoms with Gasteiger partial charge in [0.25, 0.3) is 0 Å². The number of nitrogens with zero attached hydrogens (tertiary/aromatic N) is 2. The second-order valence-electron chi connectivity index (χ2n) is 5.06. The van der Waals surface area contributed by atoms with Gasteiger partial charge in [0, 0.05) is 19.6 Å². The van der Waals surface area contributed by atoms with Crippen LogP contribution in [0.2, 0.25) is 0 Å². The van der Waals surface area contributed by atoms with Crippen LogP contribution >= 0.6 is 24.0 Å². The quantitative estimate of drug-likeness (QED) is 0.492. The van der Waals surface area contributed by atoms with Crippen LogP contribution in [-0.2, 0) is 0 Å². The zero-order valence-corrected chi connectivity index (χ0v) is 14.1. The topological polar surface area (TPSA) is 41.6 Å². The molecule has 0 aliphatic carbocycles. The van der Waals surface area contributed by atoms with Crippen molar-refractivity contribution in [2.24, 2.45) is 16.6 Å². The van der Waals surface area contributed by atoms with Crippen molar-refractivity contribution in [3.8, 4) is 0 Å². The van der Waals surface area contributed by atoms with Crippen molar-refractivity contribution in [3.05, 3.63) is 35.9 Å². The third-order valence-electron chi connectivity index (χ3n) is 3.78. The number of piperidine rings is 1. The van der Waals surface area contributed by atoms with E-state index in [1.165, 1.54) is 5.56 Å². The Balaban J connectivity index is 0.00000180. The summed E-state index contributed by atoms with van der Waals surface area (Å²) in [6, 6.07) is 10.8. The van der Waals surface area contributed by atoms with Crippen molar-refractivity contribution in [2.75, 3.05) is 19.6 Å². The van der Waals surface area contributed by atoms with Gasteiger partial charge in [0.2, 0.25) is 0 Å². The first kappa shape index (κ1) is 16.3. The van der Waals surface area contributed by atoms with Gasteiger partial charge in [-0.1, -0.05) is 37.3 Å². The lowest BCUT2D eigenvalue weighted by molar-refractivity contribution is 0.238. The number of aliphatic imine (C=N–C) groups is 1. The lowest BCUT2D eigenvalue weighted by atomic mass is 9.82. The van der Waals surface area contributed by atoms with E-state index in [-0.39, 0.29) is 24.0 Å². The molecule has 0 radical (unpaired) electrons. The number of guanidine groups is 1. The van der Waals surface area contributed by atoms with E-state index in [1.54, 1.807) is 0 Å². The molecule has 0 bridgehead atoms. The van der Waals surface area contributed by atoms with Crippen LogP contribution < -0.4 is 5.73 Å². The van der Waals surface area contributed by atoms with Gasteiger partial charge in [-0.2, -0.15) is 0 Å². The minimum absolute atomic E-state index is 0. The molecule has 0 saturated carbocycles. The molecule has 106 valence electrons. The summed E-state index contributed by atoms with van der Waals surface area (Å²) in [6.07, 6.45) is 1.16. The van der Waals surface area contributed by atoms with E-state index in [9.17, 15) is 0 Å². The summed E-state index contributed by atoms with van der Waals surface area (Å²) in [5, 5.41) is 0. The van der Waals surface area contributed by atoms with Crippen LogP contribution in [-0.4, -0.2) is 30.5 Å². The minimum Gasteiger partial charge on any atom is -0.370 e. The van der Waals surface area contributed by atoms with Gasteiger partial charge >= 0.3 is 0 Å².